The van der Waals surface area contributed by atoms with Gasteiger partial charge in [-0.2, -0.15) is 5.10 Å². The SMILES string of the molecule is Cc1ccc(C2=NNC(=C3CCC(=NC(C)C)CC3)C2c2ccncc2)cc1. The third-order valence-corrected chi connectivity index (χ3v) is 5.50. The first-order valence-corrected chi connectivity index (χ1v) is 10.2. The van der Waals surface area contributed by atoms with Crippen LogP contribution in [0.15, 0.2) is 70.2 Å². The number of allylic oxidation sites excluding steroid dienone is 2. The molecule has 2 aliphatic rings. The summed E-state index contributed by atoms with van der Waals surface area (Å²) in [6.07, 6.45) is 7.98. The monoisotopic (exact) mass is 372 g/mol. The van der Waals surface area contributed by atoms with Gasteiger partial charge in [0.05, 0.1) is 11.6 Å². The molecule has 1 saturated carbocycles. The van der Waals surface area contributed by atoms with Crippen molar-refractivity contribution >= 4 is 11.4 Å². The van der Waals surface area contributed by atoms with Gasteiger partial charge in [-0.25, -0.2) is 0 Å². The first-order chi connectivity index (χ1) is 13.6. The second-order valence-electron chi connectivity index (χ2n) is 7.99. The van der Waals surface area contributed by atoms with Gasteiger partial charge >= 0.3 is 0 Å². The molecule has 1 N–H and O–H groups in total. The Hall–Kier alpha value is -2.75. The van der Waals surface area contributed by atoms with E-state index in [0.29, 0.717) is 6.04 Å². The maximum Gasteiger partial charge on any atom is 0.0813 e. The Morgan fingerprint density at radius 2 is 1.64 bits per heavy atom. The van der Waals surface area contributed by atoms with E-state index in [1.165, 1.54) is 33.7 Å². The van der Waals surface area contributed by atoms with Crippen LogP contribution in [-0.2, 0) is 0 Å². The second kappa shape index (κ2) is 8.09. The molecule has 0 bridgehead atoms. The lowest BCUT2D eigenvalue weighted by Crippen LogP contribution is -2.18. The van der Waals surface area contributed by atoms with E-state index in [2.05, 4.69) is 67.6 Å². The van der Waals surface area contributed by atoms with E-state index in [4.69, 9.17) is 10.1 Å². The highest BCUT2D eigenvalue weighted by atomic mass is 15.3. The van der Waals surface area contributed by atoms with Crippen LogP contribution in [0.1, 0.15) is 62.1 Å². The molecule has 1 aliphatic heterocycles. The number of pyridine rings is 1. The maximum absolute atomic E-state index is 4.78. The minimum Gasteiger partial charge on any atom is -0.291 e. The molecule has 1 aromatic heterocycles. The fraction of sp³-hybridized carbons (Fsp3) is 0.375. The summed E-state index contributed by atoms with van der Waals surface area (Å²) in [5.74, 6) is 0.143. The van der Waals surface area contributed by atoms with E-state index >= 15 is 0 Å². The quantitative estimate of drug-likeness (QED) is 0.809. The fourth-order valence-corrected chi connectivity index (χ4v) is 4.11. The van der Waals surface area contributed by atoms with Gasteiger partial charge in [0, 0.05) is 29.8 Å². The lowest BCUT2D eigenvalue weighted by Gasteiger charge is -2.23. The molecule has 0 saturated heterocycles. The summed E-state index contributed by atoms with van der Waals surface area (Å²) >= 11 is 0. The van der Waals surface area contributed by atoms with E-state index in [1.807, 2.05) is 12.4 Å². The molecule has 1 aliphatic carbocycles. The molecule has 2 aromatic rings. The fourth-order valence-electron chi connectivity index (χ4n) is 4.11. The molecule has 4 heteroatoms. The number of aromatic nitrogens is 1. The molecular weight excluding hydrogens is 344 g/mol. The summed E-state index contributed by atoms with van der Waals surface area (Å²) in [6, 6.07) is 13.3. The topological polar surface area (TPSA) is 49.6 Å². The predicted molar refractivity (Wildman–Crippen MR) is 116 cm³/mol. The first kappa shape index (κ1) is 18.6. The van der Waals surface area contributed by atoms with Crippen LogP contribution < -0.4 is 5.43 Å². The van der Waals surface area contributed by atoms with Crippen molar-refractivity contribution in [3.05, 3.63) is 76.8 Å². The third kappa shape index (κ3) is 3.91. The van der Waals surface area contributed by atoms with Gasteiger partial charge in [-0.15, -0.1) is 0 Å². The van der Waals surface area contributed by atoms with Crippen molar-refractivity contribution in [3.63, 3.8) is 0 Å². The summed E-state index contributed by atoms with van der Waals surface area (Å²) < 4.78 is 0. The van der Waals surface area contributed by atoms with Crippen molar-refractivity contribution in [2.24, 2.45) is 10.1 Å². The van der Waals surface area contributed by atoms with Gasteiger partial charge < -0.3 is 0 Å². The van der Waals surface area contributed by atoms with Gasteiger partial charge in [-0.05, 0) is 75.3 Å². The molecule has 0 radical (unpaired) electrons. The number of aryl methyl sites for hydroxylation is 1. The van der Waals surface area contributed by atoms with Gasteiger partial charge in [-0.1, -0.05) is 29.8 Å². The summed E-state index contributed by atoms with van der Waals surface area (Å²) in [5, 5.41) is 4.78. The van der Waals surface area contributed by atoms with Crippen molar-refractivity contribution in [1.29, 1.82) is 0 Å². The molecular formula is C24H28N4. The van der Waals surface area contributed by atoms with Crippen molar-refractivity contribution in [1.82, 2.24) is 10.4 Å². The molecule has 1 aromatic carbocycles. The standard InChI is InChI=1S/C24H28N4/c1-16(2)26-21-10-8-20(9-11-21)24-22(18-12-14-25-15-13-18)23(27-28-24)19-6-4-17(3)5-7-19/h4-7,12-16,22,28H,8-11H2,1-3H3. The van der Waals surface area contributed by atoms with Crippen molar-refractivity contribution < 1.29 is 0 Å². The van der Waals surface area contributed by atoms with Crippen LogP contribution in [0, 0.1) is 6.92 Å². The number of rotatable bonds is 3. The number of aliphatic imine (C=N–C) groups is 1. The molecule has 2 heterocycles. The largest absolute Gasteiger partial charge is 0.291 e. The number of nitrogens with one attached hydrogen (secondary N) is 1. The number of benzene rings is 1. The first-order valence-electron chi connectivity index (χ1n) is 10.2. The Labute approximate surface area is 167 Å². The smallest absolute Gasteiger partial charge is 0.0813 e. The Kier molecular flexibility index (Phi) is 5.38. The Bertz CT molecular complexity index is 909. The number of nitrogens with zero attached hydrogens (tertiary/aromatic N) is 3. The maximum atomic E-state index is 4.78. The second-order valence-corrected chi connectivity index (χ2v) is 7.99. The van der Waals surface area contributed by atoms with Gasteiger partial charge in [0.1, 0.15) is 0 Å². The zero-order valence-corrected chi connectivity index (χ0v) is 16.9. The van der Waals surface area contributed by atoms with E-state index in [-0.39, 0.29) is 5.92 Å². The minimum absolute atomic E-state index is 0.143. The van der Waals surface area contributed by atoms with Crippen LogP contribution in [0.5, 0.6) is 0 Å². The average molecular weight is 373 g/mol. The molecule has 144 valence electrons. The zero-order chi connectivity index (χ0) is 19.5. The molecule has 4 nitrogen and oxygen atoms in total. The molecule has 4 rings (SSSR count). The van der Waals surface area contributed by atoms with Gasteiger partial charge in [0.15, 0.2) is 0 Å². The molecule has 1 unspecified atom stereocenters. The Morgan fingerprint density at radius 3 is 2.29 bits per heavy atom. The molecule has 0 amide bonds. The van der Waals surface area contributed by atoms with Crippen LogP contribution in [0.25, 0.3) is 0 Å². The number of hydrazone groups is 1. The van der Waals surface area contributed by atoms with Gasteiger partial charge in [-0.3, -0.25) is 15.4 Å². The highest BCUT2D eigenvalue weighted by Crippen LogP contribution is 2.37. The molecule has 28 heavy (non-hydrogen) atoms. The normalized spacial score (nSPS) is 19.6. The number of hydrogen-bond acceptors (Lipinski definition) is 4. The summed E-state index contributed by atoms with van der Waals surface area (Å²) in [4.78, 5) is 8.99. The van der Waals surface area contributed by atoms with Crippen LogP contribution in [0.3, 0.4) is 0 Å². The Balaban J connectivity index is 1.68. The summed E-state index contributed by atoms with van der Waals surface area (Å²) in [7, 11) is 0. The van der Waals surface area contributed by atoms with Crippen molar-refractivity contribution in [2.75, 3.05) is 0 Å². The highest BCUT2D eigenvalue weighted by molar-refractivity contribution is 6.08. The van der Waals surface area contributed by atoms with Crippen molar-refractivity contribution in [2.45, 2.75) is 58.4 Å². The highest BCUT2D eigenvalue weighted by Gasteiger charge is 2.32. The van der Waals surface area contributed by atoms with E-state index < -0.39 is 0 Å². The van der Waals surface area contributed by atoms with Crippen LogP contribution in [0.2, 0.25) is 0 Å². The van der Waals surface area contributed by atoms with Gasteiger partial charge in [0.25, 0.3) is 0 Å². The van der Waals surface area contributed by atoms with Crippen LogP contribution >= 0.6 is 0 Å². The molecule has 0 spiro atoms. The average Bonchev–Trinajstić information content (AvgIpc) is 3.14. The van der Waals surface area contributed by atoms with Crippen LogP contribution in [-0.4, -0.2) is 22.4 Å². The third-order valence-electron chi connectivity index (χ3n) is 5.50. The van der Waals surface area contributed by atoms with Gasteiger partial charge in [0.2, 0.25) is 0 Å². The predicted octanol–water partition coefficient (Wildman–Crippen LogP) is 5.16. The Morgan fingerprint density at radius 1 is 0.964 bits per heavy atom. The lowest BCUT2D eigenvalue weighted by atomic mass is 9.83. The number of hydrogen-bond donors (Lipinski definition) is 1. The van der Waals surface area contributed by atoms with E-state index in [9.17, 15) is 0 Å². The summed E-state index contributed by atoms with van der Waals surface area (Å²) in [5.41, 5.74) is 12.3. The molecule has 1 fully saturated rings. The van der Waals surface area contributed by atoms with E-state index in [0.717, 1.165) is 31.4 Å². The minimum atomic E-state index is 0.143. The lowest BCUT2D eigenvalue weighted by molar-refractivity contribution is 0.737. The molecule has 1 atom stereocenters. The van der Waals surface area contributed by atoms with E-state index in [1.54, 1.807) is 0 Å². The summed E-state index contributed by atoms with van der Waals surface area (Å²) in [6.45, 7) is 6.42. The zero-order valence-electron chi connectivity index (χ0n) is 16.9. The van der Waals surface area contributed by atoms with Crippen molar-refractivity contribution in [3.8, 4) is 0 Å². The van der Waals surface area contributed by atoms with Crippen LogP contribution in [0.4, 0.5) is 0 Å².